The highest BCUT2D eigenvalue weighted by Gasteiger charge is 2.54. The zero-order chi connectivity index (χ0) is 26.6. The van der Waals surface area contributed by atoms with E-state index in [9.17, 15) is 8.42 Å². The molecule has 0 amide bonds. The summed E-state index contributed by atoms with van der Waals surface area (Å²) in [5.74, 6) is 1.13. The van der Waals surface area contributed by atoms with E-state index in [0.717, 1.165) is 51.2 Å². The van der Waals surface area contributed by atoms with Crippen molar-refractivity contribution in [2.24, 2.45) is 0 Å². The molecule has 5 rings (SSSR count). The number of nitrogens with zero attached hydrogens (tertiary/aromatic N) is 4. The van der Waals surface area contributed by atoms with Crippen LogP contribution in [0.4, 0.5) is 5.82 Å². The van der Waals surface area contributed by atoms with Crippen LogP contribution in [0.1, 0.15) is 44.4 Å². The predicted molar refractivity (Wildman–Crippen MR) is 152 cm³/mol. The van der Waals surface area contributed by atoms with Crippen molar-refractivity contribution in [2.45, 2.75) is 51.0 Å². The van der Waals surface area contributed by atoms with Crippen LogP contribution in [0.5, 0.6) is 0 Å². The minimum Gasteiger partial charge on any atom is -0.353 e. The molecule has 7 nitrogen and oxygen atoms in total. The van der Waals surface area contributed by atoms with Gasteiger partial charge in [-0.05, 0) is 46.8 Å². The second-order valence-electron chi connectivity index (χ2n) is 11.6. The Kier molecular flexibility index (Phi) is 6.90. The number of piperazine rings is 1. The highest BCUT2D eigenvalue weighted by Crippen LogP contribution is 2.52. The molecule has 1 fully saturated rings. The van der Waals surface area contributed by atoms with Crippen LogP contribution in [0.3, 0.4) is 0 Å². The molecular formula is C28H38N4O3S2. The molecule has 1 unspecified atom stereocenters. The van der Waals surface area contributed by atoms with E-state index in [2.05, 4.69) is 80.0 Å². The van der Waals surface area contributed by atoms with Crippen molar-refractivity contribution in [2.75, 3.05) is 50.9 Å². The first-order valence-electron chi connectivity index (χ1n) is 13.0. The molecule has 1 atom stereocenters. The fourth-order valence-corrected chi connectivity index (χ4v) is 8.08. The lowest BCUT2D eigenvalue weighted by Gasteiger charge is -2.40. The lowest BCUT2D eigenvalue weighted by molar-refractivity contribution is -0.101. The van der Waals surface area contributed by atoms with Crippen LogP contribution < -0.4 is 4.90 Å². The first-order chi connectivity index (χ1) is 17.4. The van der Waals surface area contributed by atoms with Crippen LogP contribution in [0.15, 0.2) is 42.5 Å². The number of anilines is 1. The van der Waals surface area contributed by atoms with Crippen LogP contribution in [-0.4, -0.2) is 74.8 Å². The van der Waals surface area contributed by atoms with E-state index in [4.69, 9.17) is 8.66 Å². The summed E-state index contributed by atoms with van der Waals surface area (Å²) in [7, 11) is -1.86. The minimum atomic E-state index is -3.59. The first-order valence-corrected chi connectivity index (χ1v) is 15.5. The normalized spacial score (nSPS) is 21.6. The molecule has 2 aliphatic rings. The fourth-order valence-electron chi connectivity index (χ4n) is 6.78. The Morgan fingerprint density at radius 3 is 2.41 bits per heavy atom. The van der Waals surface area contributed by atoms with E-state index in [1.807, 2.05) is 0 Å². The van der Waals surface area contributed by atoms with Crippen molar-refractivity contribution < 1.29 is 12.7 Å². The monoisotopic (exact) mass is 542 g/mol. The van der Waals surface area contributed by atoms with Gasteiger partial charge in [0.05, 0.1) is 17.0 Å². The number of benzene rings is 2. The second-order valence-corrected chi connectivity index (χ2v) is 14.0. The summed E-state index contributed by atoms with van der Waals surface area (Å²) in [5.41, 5.74) is 3.34. The molecule has 1 saturated heterocycles. The smallest absolute Gasteiger partial charge is 0.280 e. The number of hydrogen-bond acceptors (Lipinski definition) is 8. The van der Waals surface area contributed by atoms with E-state index < -0.39 is 10.1 Å². The van der Waals surface area contributed by atoms with Crippen LogP contribution in [0.25, 0.3) is 10.1 Å². The summed E-state index contributed by atoms with van der Waals surface area (Å²) in [6.07, 6.45) is 2.09. The Morgan fingerprint density at radius 1 is 1.03 bits per heavy atom. The molecule has 0 radical (unpaired) electrons. The lowest BCUT2D eigenvalue weighted by atomic mass is 9.75. The van der Waals surface area contributed by atoms with Crippen molar-refractivity contribution in [1.29, 1.82) is 0 Å². The largest absolute Gasteiger partial charge is 0.353 e. The summed E-state index contributed by atoms with van der Waals surface area (Å²) in [4.78, 5) is 4.97. The summed E-state index contributed by atoms with van der Waals surface area (Å²) >= 11 is 1.58. The SMILES string of the molecule is CN(OS(C)(=O)=O)C1C(C)(C)c2ccc(CCN3CCN(c4nsc5ccccc45)CC3)cc2C1(C)C. The topological polar surface area (TPSA) is 66.0 Å². The summed E-state index contributed by atoms with van der Waals surface area (Å²) in [6, 6.07) is 15.2. The molecule has 200 valence electrons. The lowest BCUT2D eigenvalue weighted by Crippen LogP contribution is -2.51. The zero-order valence-electron chi connectivity index (χ0n) is 22.7. The standard InChI is InChI=1S/C28H38N4O3S2/c1-27(2)22-12-11-20(19-23(22)28(3,4)26(27)30(5)35-37(6,33)34)13-14-31-15-17-32(18-16-31)25-21-9-7-8-10-24(21)36-29-25/h7-12,19,26H,13-18H2,1-6H3. The van der Waals surface area contributed by atoms with Gasteiger partial charge in [-0.2, -0.15) is 22.1 Å². The van der Waals surface area contributed by atoms with Gasteiger partial charge in [-0.1, -0.05) is 58.0 Å². The van der Waals surface area contributed by atoms with E-state index >= 15 is 0 Å². The third kappa shape index (κ3) is 5.04. The molecule has 1 aliphatic heterocycles. The van der Waals surface area contributed by atoms with Crippen LogP contribution in [-0.2, 0) is 31.7 Å². The molecule has 2 aromatic carbocycles. The Labute approximate surface area is 225 Å². The number of fused-ring (bicyclic) bond motifs is 2. The van der Waals surface area contributed by atoms with E-state index in [1.165, 1.54) is 26.8 Å². The molecule has 0 spiro atoms. The van der Waals surface area contributed by atoms with Crippen molar-refractivity contribution in [3.63, 3.8) is 0 Å². The van der Waals surface area contributed by atoms with Crippen molar-refractivity contribution in [1.82, 2.24) is 14.3 Å². The number of hydrogen-bond donors (Lipinski definition) is 0. The van der Waals surface area contributed by atoms with Gasteiger partial charge in [0, 0.05) is 56.0 Å². The van der Waals surface area contributed by atoms with Crippen molar-refractivity contribution >= 4 is 37.6 Å². The summed E-state index contributed by atoms with van der Waals surface area (Å²) in [5, 5.41) is 2.80. The van der Waals surface area contributed by atoms with Gasteiger partial charge in [0.2, 0.25) is 0 Å². The van der Waals surface area contributed by atoms with E-state index in [-0.39, 0.29) is 16.9 Å². The molecule has 0 saturated carbocycles. The summed E-state index contributed by atoms with van der Waals surface area (Å²) in [6.45, 7) is 13.8. The molecular weight excluding hydrogens is 504 g/mol. The molecule has 1 aromatic heterocycles. The van der Waals surface area contributed by atoms with Crippen molar-refractivity contribution in [3.8, 4) is 0 Å². The maximum atomic E-state index is 11.9. The summed E-state index contributed by atoms with van der Waals surface area (Å²) < 4.78 is 35.0. The Balaban J connectivity index is 1.24. The van der Waals surface area contributed by atoms with Crippen LogP contribution >= 0.6 is 11.5 Å². The highest BCUT2D eigenvalue weighted by molar-refractivity contribution is 7.85. The van der Waals surface area contributed by atoms with Gasteiger partial charge >= 0.3 is 0 Å². The van der Waals surface area contributed by atoms with Crippen LogP contribution in [0, 0.1) is 0 Å². The van der Waals surface area contributed by atoms with Gasteiger partial charge in [0.15, 0.2) is 0 Å². The number of hydroxylamine groups is 2. The fraction of sp³-hybridized carbons (Fsp3) is 0.536. The molecule has 0 N–H and O–H groups in total. The average molecular weight is 543 g/mol. The Morgan fingerprint density at radius 2 is 1.70 bits per heavy atom. The molecule has 1 aliphatic carbocycles. The van der Waals surface area contributed by atoms with Crippen LogP contribution in [0.2, 0.25) is 0 Å². The maximum absolute atomic E-state index is 11.9. The molecule has 3 aromatic rings. The Bertz CT molecular complexity index is 1390. The van der Waals surface area contributed by atoms with Gasteiger partial charge in [-0.3, -0.25) is 4.90 Å². The molecule has 37 heavy (non-hydrogen) atoms. The van der Waals surface area contributed by atoms with Crippen molar-refractivity contribution in [3.05, 3.63) is 59.2 Å². The quantitative estimate of drug-likeness (QED) is 0.410. The van der Waals surface area contributed by atoms with Gasteiger partial charge in [-0.25, -0.2) is 0 Å². The van der Waals surface area contributed by atoms with Gasteiger partial charge in [-0.15, -0.1) is 0 Å². The van der Waals surface area contributed by atoms with Gasteiger partial charge in [0.1, 0.15) is 5.82 Å². The highest BCUT2D eigenvalue weighted by atomic mass is 32.2. The first kappa shape index (κ1) is 26.6. The predicted octanol–water partition coefficient (Wildman–Crippen LogP) is 4.42. The number of likely N-dealkylation sites (N-methyl/N-ethyl adjacent to an activating group) is 1. The minimum absolute atomic E-state index is 0.116. The second kappa shape index (κ2) is 9.61. The zero-order valence-corrected chi connectivity index (χ0v) is 24.3. The van der Waals surface area contributed by atoms with E-state index in [0.29, 0.717) is 0 Å². The van der Waals surface area contributed by atoms with Gasteiger partial charge in [0.25, 0.3) is 10.1 Å². The number of rotatable bonds is 7. The average Bonchev–Trinajstić information content (AvgIpc) is 3.31. The molecule has 0 bridgehead atoms. The van der Waals surface area contributed by atoms with E-state index in [1.54, 1.807) is 23.6 Å². The molecule has 9 heteroatoms. The maximum Gasteiger partial charge on any atom is 0.280 e. The molecule has 2 heterocycles. The third-order valence-electron chi connectivity index (χ3n) is 8.20. The third-order valence-corrected chi connectivity index (χ3v) is 9.53. The number of aromatic nitrogens is 1. The van der Waals surface area contributed by atoms with Gasteiger partial charge < -0.3 is 4.90 Å². The Hall–Kier alpha value is -2.04.